The average Bonchev–Trinajstić information content (AvgIpc) is 2.47. The van der Waals surface area contributed by atoms with Crippen LogP contribution in [0.5, 0.6) is 0 Å². The first kappa shape index (κ1) is 13.3. The lowest BCUT2D eigenvalue weighted by Gasteiger charge is -1.96. The number of oxime groups is 1. The average molecular weight is 266 g/mol. The van der Waals surface area contributed by atoms with Crippen LogP contribution >= 0.6 is 0 Å². The highest BCUT2D eigenvalue weighted by Crippen LogP contribution is 2.11. The maximum atomic E-state index is 10.5. The van der Waals surface area contributed by atoms with Gasteiger partial charge in [0.2, 0.25) is 0 Å². The van der Waals surface area contributed by atoms with Crippen molar-refractivity contribution in [2.75, 3.05) is 0 Å². The maximum absolute atomic E-state index is 10.5. The van der Waals surface area contributed by atoms with E-state index in [4.69, 9.17) is 5.21 Å². The molecule has 0 saturated heterocycles. The lowest BCUT2D eigenvalue weighted by Crippen LogP contribution is -1.88. The van der Waals surface area contributed by atoms with Crippen LogP contribution in [-0.2, 0) is 0 Å². The molecule has 0 fully saturated rings. The van der Waals surface area contributed by atoms with E-state index in [1.807, 2.05) is 12.1 Å². The Morgan fingerprint density at radius 3 is 2.45 bits per heavy atom. The minimum atomic E-state index is -0.454. The summed E-state index contributed by atoms with van der Waals surface area (Å²) in [5.74, 6) is 5.85. The van der Waals surface area contributed by atoms with Crippen LogP contribution in [0.15, 0.2) is 53.7 Å². The van der Waals surface area contributed by atoms with Gasteiger partial charge in [-0.05, 0) is 18.2 Å². The SMILES string of the molecule is O=[N+]([O-])c1ccc(C#Cc2ccccc2/C=N/O)cc1. The Hall–Kier alpha value is -3.13. The lowest BCUT2D eigenvalue weighted by atomic mass is 10.1. The van der Waals surface area contributed by atoms with Crippen LogP contribution in [0.3, 0.4) is 0 Å². The summed E-state index contributed by atoms with van der Waals surface area (Å²) in [6.45, 7) is 0. The van der Waals surface area contributed by atoms with E-state index in [-0.39, 0.29) is 5.69 Å². The molecule has 0 aliphatic heterocycles. The van der Waals surface area contributed by atoms with Gasteiger partial charge in [0, 0.05) is 28.8 Å². The Kier molecular flexibility index (Phi) is 4.10. The standard InChI is InChI=1S/C15H10N2O3/c18-16-11-14-4-2-1-3-13(14)8-5-12-6-9-15(10-7-12)17(19)20/h1-4,6-7,9-11,18H/b16-11+. The second kappa shape index (κ2) is 6.16. The fraction of sp³-hybridized carbons (Fsp3) is 0. The molecule has 0 aromatic heterocycles. The number of nitro benzene ring substituents is 1. The molecule has 0 bridgehead atoms. The molecule has 0 unspecified atom stereocenters. The van der Waals surface area contributed by atoms with Crippen LogP contribution in [-0.4, -0.2) is 16.3 Å². The molecule has 98 valence electrons. The van der Waals surface area contributed by atoms with Crippen LogP contribution in [0.2, 0.25) is 0 Å². The van der Waals surface area contributed by atoms with Crippen molar-refractivity contribution in [2.24, 2.45) is 5.16 Å². The molecule has 5 nitrogen and oxygen atoms in total. The first-order valence-electron chi connectivity index (χ1n) is 5.73. The number of hydrogen-bond acceptors (Lipinski definition) is 4. The molecular formula is C15H10N2O3. The van der Waals surface area contributed by atoms with Gasteiger partial charge in [0.1, 0.15) is 0 Å². The van der Waals surface area contributed by atoms with Gasteiger partial charge in [0.15, 0.2) is 0 Å². The zero-order valence-electron chi connectivity index (χ0n) is 10.4. The summed E-state index contributed by atoms with van der Waals surface area (Å²) in [4.78, 5) is 10.1. The zero-order chi connectivity index (χ0) is 14.4. The molecule has 0 amide bonds. The summed E-state index contributed by atoms with van der Waals surface area (Å²) in [6.07, 6.45) is 1.31. The summed E-state index contributed by atoms with van der Waals surface area (Å²) in [5.41, 5.74) is 2.11. The minimum Gasteiger partial charge on any atom is -0.411 e. The van der Waals surface area contributed by atoms with E-state index >= 15 is 0 Å². The number of nitrogens with zero attached hydrogens (tertiary/aromatic N) is 2. The highest BCUT2D eigenvalue weighted by Gasteiger charge is 2.02. The molecule has 0 atom stereocenters. The summed E-state index contributed by atoms with van der Waals surface area (Å²) in [7, 11) is 0. The third-order valence-corrected chi connectivity index (χ3v) is 2.58. The van der Waals surface area contributed by atoms with Gasteiger partial charge < -0.3 is 5.21 Å². The molecule has 0 spiro atoms. The van der Waals surface area contributed by atoms with Crippen LogP contribution in [0, 0.1) is 22.0 Å². The van der Waals surface area contributed by atoms with Crippen LogP contribution in [0.25, 0.3) is 0 Å². The van der Waals surface area contributed by atoms with Gasteiger partial charge in [-0.1, -0.05) is 35.2 Å². The highest BCUT2D eigenvalue weighted by molar-refractivity contribution is 5.83. The summed E-state index contributed by atoms with van der Waals surface area (Å²) >= 11 is 0. The van der Waals surface area contributed by atoms with E-state index < -0.39 is 4.92 Å². The number of non-ortho nitro benzene ring substituents is 1. The van der Waals surface area contributed by atoms with Gasteiger partial charge in [0.05, 0.1) is 11.1 Å². The first-order valence-corrected chi connectivity index (χ1v) is 5.73. The van der Waals surface area contributed by atoms with Crippen molar-refractivity contribution in [1.82, 2.24) is 0 Å². The molecule has 2 rings (SSSR count). The Bertz CT molecular complexity index is 710. The summed E-state index contributed by atoms with van der Waals surface area (Å²) in [6, 6.07) is 13.2. The monoisotopic (exact) mass is 266 g/mol. The molecule has 0 heterocycles. The van der Waals surface area contributed by atoms with Gasteiger partial charge in [-0.3, -0.25) is 10.1 Å². The smallest absolute Gasteiger partial charge is 0.269 e. The zero-order valence-corrected chi connectivity index (χ0v) is 10.4. The van der Waals surface area contributed by atoms with Crippen LogP contribution in [0.1, 0.15) is 16.7 Å². The maximum Gasteiger partial charge on any atom is 0.269 e. The molecule has 5 heteroatoms. The van der Waals surface area contributed by atoms with Crippen molar-refractivity contribution < 1.29 is 10.1 Å². The fourth-order valence-electron chi connectivity index (χ4n) is 1.59. The molecule has 2 aromatic rings. The second-order valence-corrected chi connectivity index (χ2v) is 3.89. The largest absolute Gasteiger partial charge is 0.411 e. The van der Waals surface area contributed by atoms with Gasteiger partial charge >= 0.3 is 0 Å². The molecule has 0 aliphatic rings. The third kappa shape index (κ3) is 3.21. The van der Waals surface area contributed by atoms with E-state index in [0.717, 1.165) is 0 Å². The van der Waals surface area contributed by atoms with E-state index in [1.165, 1.54) is 18.3 Å². The fourth-order valence-corrected chi connectivity index (χ4v) is 1.59. The van der Waals surface area contributed by atoms with E-state index in [2.05, 4.69) is 17.0 Å². The van der Waals surface area contributed by atoms with Crippen molar-refractivity contribution in [3.63, 3.8) is 0 Å². The lowest BCUT2D eigenvalue weighted by molar-refractivity contribution is -0.384. The number of rotatable bonds is 2. The normalized spacial score (nSPS) is 10.0. The summed E-state index contributed by atoms with van der Waals surface area (Å²) < 4.78 is 0. The number of benzene rings is 2. The van der Waals surface area contributed by atoms with E-state index in [1.54, 1.807) is 24.3 Å². The van der Waals surface area contributed by atoms with Crippen molar-refractivity contribution in [2.45, 2.75) is 0 Å². The molecule has 1 N–H and O–H groups in total. The van der Waals surface area contributed by atoms with Gasteiger partial charge in [-0.15, -0.1) is 0 Å². The molecule has 0 saturated carbocycles. The van der Waals surface area contributed by atoms with Crippen molar-refractivity contribution in [3.05, 3.63) is 75.3 Å². The van der Waals surface area contributed by atoms with Crippen LogP contribution in [0.4, 0.5) is 5.69 Å². The molecule has 20 heavy (non-hydrogen) atoms. The topological polar surface area (TPSA) is 75.7 Å². The predicted octanol–water partition coefficient (Wildman–Crippen LogP) is 2.80. The quantitative estimate of drug-likeness (QED) is 0.298. The Balaban J connectivity index is 2.29. The Morgan fingerprint density at radius 2 is 1.80 bits per heavy atom. The van der Waals surface area contributed by atoms with Crippen molar-refractivity contribution >= 4 is 11.9 Å². The molecule has 0 aliphatic carbocycles. The highest BCUT2D eigenvalue weighted by atomic mass is 16.6. The molecule has 0 radical (unpaired) electrons. The molecular weight excluding hydrogens is 256 g/mol. The van der Waals surface area contributed by atoms with Crippen molar-refractivity contribution in [3.8, 4) is 11.8 Å². The predicted molar refractivity (Wildman–Crippen MR) is 74.9 cm³/mol. The Morgan fingerprint density at radius 1 is 1.10 bits per heavy atom. The Labute approximate surface area is 115 Å². The third-order valence-electron chi connectivity index (χ3n) is 2.58. The van der Waals surface area contributed by atoms with Gasteiger partial charge in [0.25, 0.3) is 5.69 Å². The van der Waals surface area contributed by atoms with Gasteiger partial charge in [-0.25, -0.2) is 0 Å². The minimum absolute atomic E-state index is 0.0309. The first-order chi connectivity index (χ1) is 9.70. The molecule has 2 aromatic carbocycles. The second-order valence-electron chi connectivity index (χ2n) is 3.89. The van der Waals surface area contributed by atoms with Gasteiger partial charge in [-0.2, -0.15) is 0 Å². The summed E-state index contributed by atoms with van der Waals surface area (Å²) in [5, 5.41) is 22.1. The number of hydrogen-bond donors (Lipinski definition) is 1. The van der Waals surface area contributed by atoms with Crippen LogP contribution < -0.4 is 0 Å². The van der Waals surface area contributed by atoms with E-state index in [0.29, 0.717) is 16.7 Å². The number of nitro groups is 1. The van der Waals surface area contributed by atoms with E-state index in [9.17, 15) is 10.1 Å². The van der Waals surface area contributed by atoms with Crippen molar-refractivity contribution in [1.29, 1.82) is 0 Å².